The molecular weight excluding hydrogens is 388 g/mol. The van der Waals surface area contributed by atoms with Crippen molar-refractivity contribution in [2.45, 2.75) is 43.8 Å². The van der Waals surface area contributed by atoms with Crippen LogP contribution < -0.4 is 5.73 Å². The van der Waals surface area contributed by atoms with Crippen LogP contribution in [0.25, 0.3) is 22.7 Å². The number of unbranched alkanes of at least 4 members (excludes halogenated alkanes) is 2. The molecule has 1 fully saturated rings. The second-order valence-corrected chi connectivity index (χ2v) is 7.96. The van der Waals surface area contributed by atoms with Crippen molar-refractivity contribution in [3.8, 4) is 23.4 Å². The average Bonchev–Trinajstić information content (AvgIpc) is 3.26. The third-order valence-electron chi connectivity index (χ3n) is 4.69. The molecule has 8 nitrogen and oxygen atoms in total. The van der Waals surface area contributed by atoms with Gasteiger partial charge in [0, 0.05) is 18.4 Å². The number of fused-ring (bicyclic) bond motifs is 1. The topological polar surface area (TPSA) is 123 Å². The van der Waals surface area contributed by atoms with Gasteiger partial charge in [-0.05, 0) is 24.5 Å². The van der Waals surface area contributed by atoms with Gasteiger partial charge in [-0.25, -0.2) is 15.0 Å². The van der Waals surface area contributed by atoms with Crippen LogP contribution >= 0.6 is 11.8 Å². The summed E-state index contributed by atoms with van der Waals surface area (Å²) in [5, 5.41) is 20.2. The highest BCUT2D eigenvalue weighted by Gasteiger charge is 2.38. The number of rotatable bonds is 4. The molecule has 4 rings (SSSR count). The van der Waals surface area contributed by atoms with Gasteiger partial charge in [-0.1, -0.05) is 25.3 Å². The number of pyridine rings is 1. The molecule has 4 N–H and O–H groups in total. The predicted octanol–water partition coefficient (Wildman–Crippen LogP) is 1.98. The number of aromatic nitrogens is 5. The van der Waals surface area contributed by atoms with E-state index in [2.05, 4.69) is 38.7 Å². The molecule has 0 aromatic carbocycles. The van der Waals surface area contributed by atoms with Gasteiger partial charge >= 0.3 is 0 Å². The van der Waals surface area contributed by atoms with Crippen LogP contribution in [0.1, 0.15) is 37.4 Å². The Bertz CT molecular complexity index is 1080. The number of imidazole rings is 1. The molecule has 0 saturated carbocycles. The normalized spacial score (nSPS) is 21.3. The number of hydrogen-bond acceptors (Lipinski definition) is 8. The standard InChI is InChI=1S/C20H22N6O2S/c1-2-3-4-5-9-14-23-17(21)15-19(24-14)26(20-16(28)13(27)11-29-20)18(25-15)12-8-6-7-10-22-12/h6-8,10,13,16,20,27-28H,2-4,11H2,1H3,(H2,21,23,24)/t13-,16-,20-/m1/s1. The number of anilines is 1. The molecule has 0 radical (unpaired) electrons. The van der Waals surface area contributed by atoms with Crippen LogP contribution in [-0.2, 0) is 0 Å². The summed E-state index contributed by atoms with van der Waals surface area (Å²) in [6.07, 6.45) is 2.72. The lowest BCUT2D eigenvalue weighted by molar-refractivity contribution is 0.0316. The summed E-state index contributed by atoms with van der Waals surface area (Å²) in [4.78, 5) is 17.9. The minimum absolute atomic E-state index is 0.226. The van der Waals surface area contributed by atoms with E-state index in [1.54, 1.807) is 10.8 Å². The van der Waals surface area contributed by atoms with E-state index in [4.69, 9.17) is 5.73 Å². The van der Waals surface area contributed by atoms with E-state index >= 15 is 0 Å². The van der Waals surface area contributed by atoms with Gasteiger partial charge in [0.25, 0.3) is 0 Å². The first kappa shape index (κ1) is 19.6. The number of aliphatic hydroxyl groups excluding tert-OH is 2. The molecule has 3 atom stereocenters. The van der Waals surface area contributed by atoms with Crippen molar-refractivity contribution < 1.29 is 10.2 Å². The molecule has 4 heterocycles. The fourth-order valence-electron chi connectivity index (χ4n) is 3.19. The average molecular weight is 411 g/mol. The van der Waals surface area contributed by atoms with E-state index in [-0.39, 0.29) is 5.82 Å². The minimum Gasteiger partial charge on any atom is -0.389 e. The summed E-state index contributed by atoms with van der Waals surface area (Å²) in [5.41, 5.74) is 7.70. The van der Waals surface area contributed by atoms with Crippen molar-refractivity contribution >= 4 is 28.7 Å². The van der Waals surface area contributed by atoms with Crippen molar-refractivity contribution in [2.75, 3.05) is 11.5 Å². The van der Waals surface area contributed by atoms with Crippen molar-refractivity contribution in [1.29, 1.82) is 0 Å². The van der Waals surface area contributed by atoms with E-state index in [0.29, 0.717) is 34.3 Å². The quantitative estimate of drug-likeness (QED) is 0.441. The van der Waals surface area contributed by atoms with Crippen LogP contribution in [0.2, 0.25) is 0 Å². The second kappa shape index (κ2) is 8.37. The maximum absolute atomic E-state index is 10.6. The molecule has 0 aliphatic carbocycles. The number of nitrogens with two attached hydrogens (primary N) is 1. The largest absolute Gasteiger partial charge is 0.389 e. The van der Waals surface area contributed by atoms with Gasteiger partial charge in [-0.2, -0.15) is 0 Å². The molecule has 3 aromatic heterocycles. The lowest BCUT2D eigenvalue weighted by Crippen LogP contribution is -2.28. The molecule has 0 spiro atoms. The highest BCUT2D eigenvalue weighted by molar-refractivity contribution is 7.99. The molecule has 0 unspecified atom stereocenters. The molecular formula is C20H22N6O2S. The van der Waals surface area contributed by atoms with Crippen molar-refractivity contribution in [1.82, 2.24) is 24.5 Å². The van der Waals surface area contributed by atoms with Crippen LogP contribution in [0.5, 0.6) is 0 Å². The Morgan fingerprint density at radius 1 is 1.28 bits per heavy atom. The van der Waals surface area contributed by atoms with Crippen LogP contribution in [0, 0.1) is 11.8 Å². The Morgan fingerprint density at radius 3 is 2.83 bits per heavy atom. The minimum atomic E-state index is -0.963. The Hall–Kier alpha value is -2.67. The summed E-state index contributed by atoms with van der Waals surface area (Å²) in [6, 6.07) is 5.51. The third-order valence-corrected chi connectivity index (χ3v) is 6.06. The molecule has 0 bridgehead atoms. The zero-order chi connectivity index (χ0) is 20.4. The fourth-order valence-corrected chi connectivity index (χ4v) is 4.51. The molecule has 29 heavy (non-hydrogen) atoms. The van der Waals surface area contributed by atoms with E-state index in [1.165, 1.54) is 11.8 Å². The lowest BCUT2D eigenvalue weighted by Gasteiger charge is -2.19. The molecule has 0 amide bonds. The zero-order valence-corrected chi connectivity index (χ0v) is 16.8. The van der Waals surface area contributed by atoms with E-state index in [0.717, 1.165) is 19.3 Å². The summed E-state index contributed by atoms with van der Waals surface area (Å²) in [7, 11) is 0. The van der Waals surface area contributed by atoms with E-state index < -0.39 is 17.6 Å². The Labute approximate surface area is 172 Å². The molecule has 3 aromatic rings. The zero-order valence-electron chi connectivity index (χ0n) is 16.0. The lowest BCUT2D eigenvalue weighted by atomic mass is 10.2. The van der Waals surface area contributed by atoms with Gasteiger partial charge in [0.2, 0.25) is 5.82 Å². The Kier molecular flexibility index (Phi) is 5.67. The van der Waals surface area contributed by atoms with Gasteiger partial charge < -0.3 is 15.9 Å². The third kappa shape index (κ3) is 3.79. The first-order valence-corrected chi connectivity index (χ1v) is 10.6. The van der Waals surface area contributed by atoms with Crippen LogP contribution in [0.4, 0.5) is 5.82 Å². The number of nitrogens with zero attached hydrogens (tertiary/aromatic N) is 5. The van der Waals surface area contributed by atoms with Crippen LogP contribution in [0.3, 0.4) is 0 Å². The van der Waals surface area contributed by atoms with Crippen LogP contribution in [-0.4, -0.2) is 52.7 Å². The fraction of sp³-hybridized carbons (Fsp3) is 0.400. The molecule has 1 saturated heterocycles. The number of thioether (sulfide) groups is 1. The highest BCUT2D eigenvalue weighted by Crippen LogP contribution is 2.41. The summed E-state index contributed by atoms with van der Waals surface area (Å²) in [5.74, 6) is 7.52. The van der Waals surface area contributed by atoms with Gasteiger partial charge in [-0.3, -0.25) is 9.55 Å². The van der Waals surface area contributed by atoms with Gasteiger partial charge in [0.05, 0.1) is 6.10 Å². The maximum atomic E-state index is 10.6. The number of aliphatic hydroxyl groups is 2. The van der Waals surface area contributed by atoms with Crippen molar-refractivity contribution in [3.63, 3.8) is 0 Å². The summed E-state index contributed by atoms with van der Waals surface area (Å²) in [6.45, 7) is 2.11. The number of nitrogen functional groups attached to an aromatic ring is 1. The van der Waals surface area contributed by atoms with Crippen LogP contribution in [0.15, 0.2) is 24.4 Å². The second-order valence-electron chi connectivity index (χ2n) is 6.81. The van der Waals surface area contributed by atoms with E-state index in [1.807, 2.05) is 18.2 Å². The predicted molar refractivity (Wildman–Crippen MR) is 113 cm³/mol. The summed E-state index contributed by atoms with van der Waals surface area (Å²) >= 11 is 1.43. The number of hydrogen-bond donors (Lipinski definition) is 3. The molecule has 1 aliphatic heterocycles. The first-order valence-electron chi connectivity index (χ1n) is 9.53. The van der Waals surface area contributed by atoms with Gasteiger partial charge in [-0.15, -0.1) is 11.8 Å². The van der Waals surface area contributed by atoms with Crippen molar-refractivity contribution in [3.05, 3.63) is 30.2 Å². The van der Waals surface area contributed by atoms with Gasteiger partial charge in [0.1, 0.15) is 17.2 Å². The molecule has 150 valence electrons. The first-order chi connectivity index (χ1) is 14.1. The maximum Gasteiger partial charge on any atom is 0.208 e. The molecule has 9 heteroatoms. The Balaban J connectivity index is 1.89. The SMILES string of the molecule is CCCCC#Cc1nc(N)c2nc(-c3ccccn3)n([C@@H]3SC[C@@H](O)[C@H]3O)c2n1. The molecule has 1 aliphatic rings. The van der Waals surface area contributed by atoms with E-state index in [9.17, 15) is 10.2 Å². The highest BCUT2D eigenvalue weighted by atomic mass is 32.2. The summed E-state index contributed by atoms with van der Waals surface area (Å²) < 4.78 is 1.79. The monoisotopic (exact) mass is 410 g/mol. The smallest absolute Gasteiger partial charge is 0.208 e. The van der Waals surface area contributed by atoms with Gasteiger partial charge in [0.15, 0.2) is 22.8 Å². The van der Waals surface area contributed by atoms with Crippen molar-refractivity contribution in [2.24, 2.45) is 0 Å². The Morgan fingerprint density at radius 2 is 2.14 bits per heavy atom.